The van der Waals surface area contributed by atoms with Gasteiger partial charge < -0.3 is 5.11 Å². The van der Waals surface area contributed by atoms with E-state index in [0.29, 0.717) is 17.8 Å². The lowest BCUT2D eigenvalue weighted by molar-refractivity contribution is -0.138. The minimum Gasteiger partial charge on any atom is -0.480 e. The maximum absolute atomic E-state index is 12.2. The minimum atomic E-state index is -4.53. The summed E-state index contributed by atoms with van der Waals surface area (Å²) in [4.78, 5) is 10.7. The maximum atomic E-state index is 12.2. The Morgan fingerprint density at radius 3 is 2.56 bits per heavy atom. The Kier molecular flexibility index (Phi) is 4.14. The van der Waals surface area contributed by atoms with Crippen molar-refractivity contribution in [2.24, 2.45) is 0 Å². The molecule has 0 aliphatic carbocycles. The molecular weight excluding hydrogens is 265 g/mol. The number of aromatic nitrogens is 2. The summed E-state index contributed by atoms with van der Waals surface area (Å²) in [5.74, 6) is -1.07. The Hall–Kier alpha value is -0.830. The second-order valence-electron chi connectivity index (χ2n) is 2.72. The van der Waals surface area contributed by atoms with E-state index in [1.807, 2.05) is 0 Å². The summed E-state index contributed by atoms with van der Waals surface area (Å²) in [7, 11) is 0. The van der Waals surface area contributed by atoms with E-state index in [2.05, 4.69) is 10.2 Å². The molecular formula is C7H7F3N2O2S2. The Labute approximate surface area is 96.9 Å². The van der Waals surface area contributed by atoms with Crippen LogP contribution in [-0.2, 0) is 11.0 Å². The van der Waals surface area contributed by atoms with Gasteiger partial charge in [0.05, 0.1) is 0 Å². The van der Waals surface area contributed by atoms with Crippen molar-refractivity contribution in [2.45, 2.75) is 29.1 Å². The number of hydrogen-bond donors (Lipinski definition) is 1. The molecule has 90 valence electrons. The highest BCUT2D eigenvalue weighted by Crippen LogP contribution is 2.36. The topological polar surface area (TPSA) is 63.1 Å². The second-order valence-corrected chi connectivity index (χ2v) is 5.15. The molecule has 1 atom stereocenters. The fourth-order valence-electron chi connectivity index (χ4n) is 0.802. The maximum Gasteiger partial charge on any atom is 0.445 e. The van der Waals surface area contributed by atoms with Crippen LogP contribution in [0.3, 0.4) is 0 Å². The Morgan fingerprint density at radius 2 is 2.19 bits per heavy atom. The van der Waals surface area contributed by atoms with E-state index in [-0.39, 0.29) is 4.34 Å². The third-order valence-electron chi connectivity index (χ3n) is 1.54. The Morgan fingerprint density at radius 1 is 1.56 bits per heavy atom. The fraction of sp³-hybridized carbons (Fsp3) is 0.571. The first-order chi connectivity index (χ1) is 7.34. The zero-order chi connectivity index (χ0) is 12.3. The summed E-state index contributed by atoms with van der Waals surface area (Å²) in [6, 6.07) is 0. The van der Waals surface area contributed by atoms with Gasteiger partial charge in [-0.15, -0.1) is 10.2 Å². The van der Waals surface area contributed by atoms with Gasteiger partial charge in [0.2, 0.25) is 5.01 Å². The molecule has 0 fully saturated rings. The number of thioether (sulfide) groups is 1. The standard InChI is InChI=1S/C7H7F3N2O2S2/c1-2-3(4(13)14)15-6-12-11-5(16-6)7(8,9)10/h3H,2H2,1H3,(H,13,14). The van der Waals surface area contributed by atoms with Gasteiger partial charge in [-0.25, -0.2) is 0 Å². The van der Waals surface area contributed by atoms with Crippen molar-refractivity contribution in [2.75, 3.05) is 0 Å². The van der Waals surface area contributed by atoms with E-state index in [1.54, 1.807) is 6.92 Å². The molecule has 0 saturated heterocycles. The molecule has 0 saturated carbocycles. The first kappa shape index (κ1) is 13.2. The Bertz CT molecular complexity index is 380. The Balaban J connectivity index is 2.76. The molecule has 16 heavy (non-hydrogen) atoms. The quantitative estimate of drug-likeness (QED) is 0.853. The molecule has 1 heterocycles. The zero-order valence-electron chi connectivity index (χ0n) is 7.98. The minimum absolute atomic E-state index is 0.0153. The van der Waals surface area contributed by atoms with Gasteiger partial charge in [0.15, 0.2) is 4.34 Å². The summed E-state index contributed by atoms with van der Waals surface area (Å²) < 4.78 is 36.5. The molecule has 1 aromatic rings. The van der Waals surface area contributed by atoms with Crippen molar-refractivity contribution in [3.63, 3.8) is 0 Å². The molecule has 0 amide bonds. The molecule has 1 unspecified atom stereocenters. The van der Waals surface area contributed by atoms with Crippen LogP contribution in [0.4, 0.5) is 13.2 Å². The van der Waals surface area contributed by atoms with E-state index in [0.717, 1.165) is 11.8 Å². The predicted molar refractivity (Wildman–Crippen MR) is 52.5 cm³/mol. The summed E-state index contributed by atoms with van der Waals surface area (Å²) >= 11 is 1.13. The van der Waals surface area contributed by atoms with Crippen molar-refractivity contribution in [1.29, 1.82) is 0 Å². The lowest BCUT2D eigenvalue weighted by Gasteiger charge is -2.04. The lowest BCUT2D eigenvalue weighted by atomic mass is 10.3. The number of carboxylic acids is 1. The van der Waals surface area contributed by atoms with Crippen LogP contribution in [0, 0.1) is 0 Å². The van der Waals surface area contributed by atoms with Crippen molar-refractivity contribution in [1.82, 2.24) is 10.2 Å². The highest BCUT2D eigenvalue weighted by molar-refractivity contribution is 8.02. The normalized spacial score (nSPS) is 13.8. The van der Waals surface area contributed by atoms with Crippen molar-refractivity contribution in [3.8, 4) is 0 Å². The average molecular weight is 272 g/mol. The molecule has 0 spiro atoms. The van der Waals surface area contributed by atoms with Crippen LogP contribution in [-0.4, -0.2) is 26.5 Å². The van der Waals surface area contributed by atoms with Crippen molar-refractivity contribution < 1.29 is 23.1 Å². The molecule has 4 nitrogen and oxygen atoms in total. The lowest BCUT2D eigenvalue weighted by Crippen LogP contribution is -2.14. The summed E-state index contributed by atoms with van der Waals surface area (Å²) in [6.07, 6.45) is -4.22. The largest absolute Gasteiger partial charge is 0.480 e. The molecule has 0 radical (unpaired) electrons. The van der Waals surface area contributed by atoms with Gasteiger partial charge in [0, 0.05) is 0 Å². The van der Waals surface area contributed by atoms with E-state index >= 15 is 0 Å². The van der Waals surface area contributed by atoms with Gasteiger partial charge in [-0.3, -0.25) is 4.79 Å². The average Bonchev–Trinajstić information content (AvgIpc) is 2.61. The summed E-state index contributed by atoms with van der Waals surface area (Å²) in [5, 5.41) is 13.1. The van der Waals surface area contributed by atoms with Crippen LogP contribution in [0.25, 0.3) is 0 Å². The smallest absolute Gasteiger partial charge is 0.445 e. The molecule has 9 heteroatoms. The first-order valence-corrected chi connectivity index (χ1v) is 5.84. The van der Waals surface area contributed by atoms with E-state index < -0.39 is 22.4 Å². The number of aliphatic carboxylic acids is 1. The second kappa shape index (κ2) is 5.00. The van der Waals surface area contributed by atoms with Crippen LogP contribution < -0.4 is 0 Å². The van der Waals surface area contributed by atoms with Gasteiger partial charge in [0.1, 0.15) is 5.25 Å². The van der Waals surface area contributed by atoms with Crippen LogP contribution in [0.1, 0.15) is 18.4 Å². The summed E-state index contributed by atoms with van der Waals surface area (Å²) in [5.41, 5.74) is 0. The van der Waals surface area contributed by atoms with Crippen LogP contribution in [0.15, 0.2) is 4.34 Å². The molecule has 0 bridgehead atoms. The molecule has 0 aromatic carbocycles. The van der Waals surface area contributed by atoms with Crippen LogP contribution >= 0.6 is 23.1 Å². The number of hydrogen-bond acceptors (Lipinski definition) is 5. The van der Waals surface area contributed by atoms with Gasteiger partial charge in [-0.2, -0.15) is 13.2 Å². The SMILES string of the molecule is CCC(Sc1nnc(C(F)(F)F)s1)C(=O)O. The number of rotatable bonds is 4. The van der Waals surface area contributed by atoms with Crippen LogP contribution in [0.5, 0.6) is 0 Å². The molecule has 1 rings (SSSR count). The molecule has 1 N–H and O–H groups in total. The number of carbonyl (C=O) groups is 1. The van der Waals surface area contributed by atoms with E-state index in [9.17, 15) is 18.0 Å². The molecule has 1 aromatic heterocycles. The van der Waals surface area contributed by atoms with Crippen molar-refractivity contribution >= 4 is 29.1 Å². The first-order valence-electron chi connectivity index (χ1n) is 4.14. The highest BCUT2D eigenvalue weighted by Gasteiger charge is 2.36. The van der Waals surface area contributed by atoms with Crippen molar-refractivity contribution in [3.05, 3.63) is 5.01 Å². The zero-order valence-corrected chi connectivity index (χ0v) is 9.62. The third-order valence-corrected chi connectivity index (χ3v) is 3.94. The number of alkyl halides is 3. The highest BCUT2D eigenvalue weighted by atomic mass is 32.2. The monoisotopic (exact) mass is 272 g/mol. The number of halogens is 3. The molecule has 0 aliphatic heterocycles. The van der Waals surface area contributed by atoms with E-state index in [4.69, 9.17) is 5.11 Å². The summed E-state index contributed by atoms with van der Waals surface area (Å²) in [6.45, 7) is 1.64. The third kappa shape index (κ3) is 3.34. The number of nitrogens with zero attached hydrogens (tertiary/aromatic N) is 2. The van der Waals surface area contributed by atoms with E-state index in [1.165, 1.54) is 0 Å². The number of carboxylic acid groups (broad SMARTS) is 1. The fourth-order valence-corrected chi connectivity index (χ4v) is 2.62. The van der Waals surface area contributed by atoms with Gasteiger partial charge in [-0.1, -0.05) is 30.0 Å². The van der Waals surface area contributed by atoms with Gasteiger partial charge in [0.25, 0.3) is 0 Å². The molecule has 0 aliphatic rings. The predicted octanol–water partition coefficient (Wildman–Crippen LogP) is 2.51. The van der Waals surface area contributed by atoms with Gasteiger partial charge in [-0.05, 0) is 6.42 Å². The van der Waals surface area contributed by atoms with Crippen LogP contribution in [0.2, 0.25) is 0 Å². The van der Waals surface area contributed by atoms with Gasteiger partial charge >= 0.3 is 12.1 Å².